The molecule has 0 saturated heterocycles. The van der Waals surface area contributed by atoms with Gasteiger partial charge in [0, 0.05) is 7.85 Å². The van der Waals surface area contributed by atoms with E-state index in [-0.39, 0.29) is 1.43 Å². The second-order valence-corrected chi connectivity index (χ2v) is 4.26. The van der Waals surface area contributed by atoms with Crippen LogP contribution in [0.5, 0.6) is 5.75 Å². The molecule has 0 spiro atoms. The molecule has 0 radical (unpaired) electrons. The smallest absolute Gasteiger partial charge is 0.119 e. The third-order valence-electron chi connectivity index (χ3n) is 3.00. The molecular weight excluding hydrogens is 220 g/mol. The molecule has 18 heavy (non-hydrogen) atoms. The minimum absolute atomic E-state index is 0. The summed E-state index contributed by atoms with van der Waals surface area (Å²) >= 11 is 0. The Hall–Kier alpha value is -2.20. The van der Waals surface area contributed by atoms with E-state index in [9.17, 15) is 0 Å². The maximum Gasteiger partial charge on any atom is 0.119 e. The Labute approximate surface area is 110 Å². The molecule has 0 saturated carbocycles. The lowest BCUT2D eigenvalue weighted by atomic mass is 9.99. The minimum Gasteiger partial charge on any atom is -0.497 e. The highest BCUT2D eigenvalue weighted by molar-refractivity contribution is 5.68. The Morgan fingerprint density at radius 3 is 2.44 bits per heavy atom. The zero-order valence-corrected chi connectivity index (χ0v) is 10.7. The maximum absolute atomic E-state index is 5.30. The molecular formula is C17H18O. The van der Waals surface area contributed by atoms with Crippen molar-refractivity contribution in [3.63, 3.8) is 0 Å². The van der Waals surface area contributed by atoms with E-state index < -0.39 is 0 Å². The van der Waals surface area contributed by atoms with Crippen molar-refractivity contribution in [2.24, 2.45) is 0 Å². The summed E-state index contributed by atoms with van der Waals surface area (Å²) in [5.41, 5.74) is 4.81. The van der Waals surface area contributed by atoms with Crippen molar-refractivity contribution in [1.82, 2.24) is 0 Å². The van der Waals surface area contributed by atoms with Gasteiger partial charge in [0.1, 0.15) is 5.75 Å². The summed E-state index contributed by atoms with van der Waals surface area (Å²) in [6, 6.07) is 14.5. The highest BCUT2D eigenvalue weighted by Crippen LogP contribution is 2.27. The van der Waals surface area contributed by atoms with Crippen molar-refractivity contribution in [3.05, 3.63) is 53.6 Å². The van der Waals surface area contributed by atoms with Gasteiger partial charge in [0.25, 0.3) is 0 Å². The molecule has 0 N–H and O–H groups in total. The average molecular weight is 238 g/mol. The van der Waals surface area contributed by atoms with Crippen molar-refractivity contribution in [1.29, 1.82) is 0 Å². The summed E-state index contributed by atoms with van der Waals surface area (Å²) < 4.78 is 5.21. The molecule has 0 aliphatic heterocycles. The van der Waals surface area contributed by atoms with E-state index in [1.807, 2.05) is 12.1 Å². The summed E-state index contributed by atoms with van der Waals surface area (Å²) in [7, 11) is 1.68. The van der Waals surface area contributed by atoms with Gasteiger partial charge in [-0.15, -0.1) is 12.3 Å². The number of ether oxygens (including phenoxy) is 1. The molecule has 2 aromatic rings. The summed E-state index contributed by atoms with van der Waals surface area (Å²) in [5.74, 6) is 3.54. The van der Waals surface area contributed by atoms with Gasteiger partial charge in [0.2, 0.25) is 0 Å². The first-order valence-corrected chi connectivity index (χ1v) is 5.92. The molecule has 1 heteroatoms. The van der Waals surface area contributed by atoms with E-state index in [2.05, 4.69) is 43.2 Å². The minimum atomic E-state index is 0. The molecule has 0 amide bonds. The van der Waals surface area contributed by atoms with Crippen LogP contribution in [0.15, 0.2) is 42.5 Å². The van der Waals surface area contributed by atoms with Gasteiger partial charge < -0.3 is 4.74 Å². The molecule has 2 rings (SSSR count). The van der Waals surface area contributed by atoms with Crippen LogP contribution in [0, 0.1) is 19.3 Å². The van der Waals surface area contributed by atoms with Crippen LogP contribution in [0.3, 0.4) is 0 Å². The predicted molar refractivity (Wildman–Crippen MR) is 77.8 cm³/mol. The highest BCUT2D eigenvalue weighted by Gasteiger charge is 2.03. The third-order valence-corrected chi connectivity index (χ3v) is 3.00. The van der Waals surface area contributed by atoms with Crippen molar-refractivity contribution in [2.75, 3.05) is 7.11 Å². The molecule has 0 atom stereocenters. The number of hydrogen-bond donors (Lipinski definition) is 0. The Balaban J connectivity index is 0.00000180. The Bertz CT molecular complexity index is 579. The number of hydrogen-bond acceptors (Lipinski definition) is 1. The third kappa shape index (κ3) is 2.55. The van der Waals surface area contributed by atoms with Crippen molar-refractivity contribution < 1.29 is 6.16 Å². The summed E-state index contributed by atoms with van der Waals surface area (Å²) in [4.78, 5) is 0. The summed E-state index contributed by atoms with van der Waals surface area (Å²) in [6.07, 6.45) is 5.98. The van der Waals surface area contributed by atoms with Crippen LogP contribution in [-0.4, -0.2) is 7.11 Å². The van der Waals surface area contributed by atoms with Gasteiger partial charge >= 0.3 is 0 Å². The lowest BCUT2D eigenvalue weighted by Gasteiger charge is -2.08. The zero-order chi connectivity index (χ0) is 13.0. The standard InChI is InChI=1S/C17H16O.H2/c1-4-5-14-6-8-15(9-7-14)17-11-10-16(18-3)12-13(17)2;/h1,6-12H,5H2,2-3H3;1H. The van der Waals surface area contributed by atoms with E-state index in [1.54, 1.807) is 7.11 Å². The van der Waals surface area contributed by atoms with Gasteiger partial charge in [-0.05, 0) is 41.3 Å². The number of benzene rings is 2. The number of rotatable bonds is 3. The van der Waals surface area contributed by atoms with Crippen LogP contribution in [0.4, 0.5) is 0 Å². The number of aryl methyl sites for hydroxylation is 1. The Kier molecular flexibility index (Phi) is 3.69. The van der Waals surface area contributed by atoms with Crippen molar-refractivity contribution in [2.45, 2.75) is 13.3 Å². The van der Waals surface area contributed by atoms with Crippen LogP contribution in [-0.2, 0) is 6.42 Å². The van der Waals surface area contributed by atoms with Crippen LogP contribution in [0.1, 0.15) is 12.6 Å². The summed E-state index contributed by atoms with van der Waals surface area (Å²) in [6.45, 7) is 2.09. The first-order valence-electron chi connectivity index (χ1n) is 5.92. The normalized spacial score (nSPS) is 9.83. The van der Waals surface area contributed by atoms with E-state index in [4.69, 9.17) is 11.2 Å². The van der Waals surface area contributed by atoms with Crippen LogP contribution in [0.25, 0.3) is 11.1 Å². The SMILES string of the molecule is C#CCc1ccc(-c2ccc(OC)cc2C)cc1.[HH]. The molecule has 0 fully saturated rings. The molecule has 0 aromatic heterocycles. The lowest BCUT2D eigenvalue weighted by molar-refractivity contribution is 0.414. The lowest BCUT2D eigenvalue weighted by Crippen LogP contribution is -1.88. The fourth-order valence-electron chi connectivity index (χ4n) is 2.01. The van der Waals surface area contributed by atoms with Crippen molar-refractivity contribution >= 4 is 0 Å². The van der Waals surface area contributed by atoms with Gasteiger partial charge in [0.05, 0.1) is 7.11 Å². The second-order valence-electron chi connectivity index (χ2n) is 4.26. The average Bonchev–Trinajstić information content (AvgIpc) is 2.40. The van der Waals surface area contributed by atoms with Gasteiger partial charge in [-0.2, -0.15) is 0 Å². The molecule has 0 heterocycles. The molecule has 0 unspecified atom stereocenters. The fraction of sp³-hybridized carbons (Fsp3) is 0.176. The van der Waals surface area contributed by atoms with Gasteiger partial charge in [0.15, 0.2) is 0 Å². The van der Waals surface area contributed by atoms with Crippen LogP contribution >= 0.6 is 0 Å². The van der Waals surface area contributed by atoms with E-state index in [0.717, 1.165) is 5.75 Å². The van der Waals surface area contributed by atoms with E-state index in [0.29, 0.717) is 6.42 Å². The van der Waals surface area contributed by atoms with E-state index in [1.165, 1.54) is 22.3 Å². The Morgan fingerprint density at radius 2 is 1.89 bits per heavy atom. The number of methoxy groups -OCH3 is 1. The monoisotopic (exact) mass is 238 g/mol. The van der Waals surface area contributed by atoms with Gasteiger partial charge in [-0.3, -0.25) is 0 Å². The highest BCUT2D eigenvalue weighted by atomic mass is 16.5. The molecule has 2 aromatic carbocycles. The largest absolute Gasteiger partial charge is 0.497 e. The Morgan fingerprint density at radius 1 is 1.17 bits per heavy atom. The molecule has 0 aliphatic carbocycles. The first kappa shape index (κ1) is 12.3. The van der Waals surface area contributed by atoms with Crippen LogP contribution < -0.4 is 4.74 Å². The zero-order valence-electron chi connectivity index (χ0n) is 10.7. The fourth-order valence-corrected chi connectivity index (χ4v) is 2.01. The first-order chi connectivity index (χ1) is 8.74. The topological polar surface area (TPSA) is 9.23 Å². The van der Waals surface area contributed by atoms with Crippen LogP contribution in [0.2, 0.25) is 0 Å². The van der Waals surface area contributed by atoms with E-state index >= 15 is 0 Å². The molecule has 1 nitrogen and oxygen atoms in total. The van der Waals surface area contributed by atoms with Gasteiger partial charge in [-0.25, -0.2) is 0 Å². The summed E-state index contributed by atoms with van der Waals surface area (Å²) in [5, 5.41) is 0. The van der Waals surface area contributed by atoms with Gasteiger partial charge in [-0.1, -0.05) is 30.3 Å². The number of terminal acetylenes is 1. The molecule has 0 aliphatic rings. The second kappa shape index (κ2) is 5.42. The maximum atomic E-state index is 5.30. The molecule has 0 bridgehead atoms. The van der Waals surface area contributed by atoms with Crippen molar-refractivity contribution in [3.8, 4) is 29.2 Å². The predicted octanol–water partition coefficient (Wildman–Crippen LogP) is 4.09. The quantitative estimate of drug-likeness (QED) is 0.732. The molecule has 92 valence electrons.